The van der Waals surface area contributed by atoms with Gasteiger partial charge in [-0.25, -0.2) is 4.98 Å². The van der Waals surface area contributed by atoms with Gasteiger partial charge in [0.1, 0.15) is 0 Å². The summed E-state index contributed by atoms with van der Waals surface area (Å²) in [5, 5.41) is 3.81. The van der Waals surface area contributed by atoms with E-state index in [4.69, 9.17) is 11.6 Å². The molecule has 0 spiro atoms. The number of aryl methyl sites for hydroxylation is 1. The summed E-state index contributed by atoms with van der Waals surface area (Å²) in [6.07, 6.45) is 0.867. The molecule has 0 saturated carbocycles. The average molecular weight is 361 g/mol. The van der Waals surface area contributed by atoms with Crippen molar-refractivity contribution in [3.8, 4) is 0 Å². The van der Waals surface area contributed by atoms with E-state index >= 15 is 0 Å². The van der Waals surface area contributed by atoms with Crippen LogP contribution in [-0.4, -0.2) is 4.98 Å². The number of hydrogen-bond acceptors (Lipinski definition) is 4. The zero-order chi connectivity index (χ0) is 16.2. The normalized spacial score (nSPS) is 10.7. The smallest absolute Gasteiger partial charge is 0.193 e. The van der Waals surface area contributed by atoms with Crippen LogP contribution in [0, 0.1) is 13.8 Å². The Morgan fingerprint density at radius 2 is 1.96 bits per heavy atom. The summed E-state index contributed by atoms with van der Waals surface area (Å²) in [7, 11) is 0. The lowest BCUT2D eigenvalue weighted by Crippen LogP contribution is -1.93. The van der Waals surface area contributed by atoms with Crippen LogP contribution in [0.4, 0.5) is 5.13 Å². The zero-order valence-corrected chi connectivity index (χ0v) is 15.4. The number of nitrogens with one attached hydrogen (secondary N) is 1. The van der Waals surface area contributed by atoms with Crippen molar-refractivity contribution < 1.29 is 0 Å². The Morgan fingerprint density at radius 3 is 2.78 bits per heavy atom. The van der Waals surface area contributed by atoms with Crippen LogP contribution < -0.4 is 4.72 Å². The van der Waals surface area contributed by atoms with E-state index in [1.54, 1.807) is 23.3 Å². The Hall–Kier alpha value is -1.49. The summed E-state index contributed by atoms with van der Waals surface area (Å²) in [6, 6.07) is 14.4. The van der Waals surface area contributed by atoms with Crippen molar-refractivity contribution in [2.45, 2.75) is 25.2 Å². The van der Waals surface area contributed by atoms with Crippen molar-refractivity contribution in [3.63, 3.8) is 0 Å². The van der Waals surface area contributed by atoms with Crippen molar-refractivity contribution in [1.82, 2.24) is 4.98 Å². The molecule has 5 heteroatoms. The Morgan fingerprint density at radius 1 is 1.13 bits per heavy atom. The van der Waals surface area contributed by atoms with Gasteiger partial charge in [-0.1, -0.05) is 41.9 Å². The van der Waals surface area contributed by atoms with E-state index in [1.165, 1.54) is 11.1 Å². The first-order chi connectivity index (χ1) is 11.1. The molecule has 0 fully saturated rings. The largest absolute Gasteiger partial charge is 0.302 e. The van der Waals surface area contributed by atoms with Crippen molar-refractivity contribution in [2.24, 2.45) is 0 Å². The summed E-state index contributed by atoms with van der Waals surface area (Å²) in [6.45, 7) is 4.16. The summed E-state index contributed by atoms with van der Waals surface area (Å²) >= 11 is 9.33. The molecule has 0 saturated heterocycles. The van der Waals surface area contributed by atoms with E-state index in [9.17, 15) is 0 Å². The molecule has 3 rings (SSSR count). The first kappa shape index (κ1) is 16.4. The first-order valence-electron chi connectivity index (χ1n) is 7.30. The van der Waals surface area contributed by atoms with Crippen LogP contribution in [0.3, 0.4) is 0 Å². The van der Waals surface area contributed by atoms with Crippen LogP contribution in [0.25, 0.3) is 0 Å². The van der Waals surface area contributed by atoms with E-state index in [-0.39, 0.29) is 0 Å². The van der Waals surface area contributed by atoms with Gasteiger partial charge in [-0.2, -0.15) is 0 Å². The summed E-state index contributed by atoms with van der Waals surface area (Å²) in [5.41, 5.74) is 4.81. The van der Waals surface area contributed by atoms with E-state index in [2.05, 4.69) is 52.3 Å². The van der Waals surface area contributed by atoms with E-state index in [0.717, 1.165) is 32.7 Å². The summed E-state index contributed by atoms with van der Waals surface area (Å²) < 4.78 is 3.32. The first-order valence-corrected chi connectivity index (χ1v) is 9.38. The van der Waals surface area contributed by atoms with Crippen LogP contribution in [0.15, 0.2) is 52.7 Å². The molecule has 0 atom stereocenters. The third-order valence-corrected chi connectivity index (χ3v) is 5.95. The lowest BCUT2D eigenvalue weighted by Gasteiger charge is -2.06. The number of rotatable bonds is 5. The zero-order valence-electron chi connectivity index (χ0n) is 13.0. The van der Waals surface area contributed by atoms with Gasteiger partial charge in [0.05, 0.1) is 5.69 Å². The van der Waals surface area contributed by atoms with Crippen LogP contribution >= 0.6 is 34.9 Å². The van der Waals surface area contributed by atoms with E-state index in [0.29, 0.717) is 0 Å². The van der Waals surface area contributed by atoms with E-state index < -0.39 is 0 Å². The summed E-state index contributed by atoms with van der Waals surface area (Å²) in [5.74, 6) is 0. The van der Waals surface area contributed by atoms with Crippen LogP contribution in [0.2, 0.25) is 5.02 Å². The predicted octanol–water partition coefficient (Wildman–Crippen LogP) is 6.12. The highest BCUT2D eigenvalue weighted by Gasteiger charge is 2.07. The maximum Gasteiger partial charge on any atom is 0.193 e. The van der Waals surface area contributed by atoms with E-state index in [1.807, 2.05) is 19.1 Å². The number of aromatic nitrogens is 1. The number of nitrogens with zero attached hydrogens (tertiary/aromatic N) is 1. The van der Waals surface area contributed by atoms with Gasteiger partial charge < -0.3 is 4.72 Å². The molecule has 118 valence electrons. The molecule has 0 aliphatic rings. The van der Waals surface area contributed by atoms with Crippen molar-refractivity contribution in [3.05, 3.63) is 75.3 Å². The highest BCUT2D eigenvalue weighted by atomic mass is 35.5. The minimum absolute atomic E-state index is 0.788. The molecular weight excluding hydrogens is 344 g/mol. The fourth-order valence-electron chi connectivity index (χ4n) is 2.24. The molecule has 0 radical (unpaired) electrons. The van der Waals surface area contributed by atoms with Crippen LogP contribution in [0.5, 0.6) is 0 Å². The minimum atomic E-state index is 0.788. The van der Waals surface area contributed by atoms with Gasteiger partial charge >= 0.3 is 0 Å². The monoisotopic (exact) mass is 360 g/mol. The Balaban J connectivity index is 1.66. The molecular formula is C18H17ClN2S2. The molecule has 0 bridgehead atoms. The predicted molar refractivity (Wildman–Crippen MR) is 102 cm³/mol. The number of thiazole rings is 1. The highest BCUT2D eigenvalue weighted by molar-refractivity contribution is 8.00. The van der Waals surface area contributed by atoms with Crippen molar-refractivity contribution in [2.75, 3.05) is 4.72 Å². The number of anilines is 1. The second-order valence-corrected chi connectivity index (χ2v) is 7.43. The van der Waals surface area contributed by atoms with Gasteiger partial charge in [-0.05, 0) is 54.6 Å². The van der Waals surface area contributed by atoms with Gasteiger partial charge in [0.2, 0.25) is 0 Å². The molecule has 23 heavy (non-hydrogen) atoms. The van der Waals surface area contributed by atoms with Gasteiger partial charge in [0.15, 0.2) is 5.13 Å². The molecule has 2 nitrogen and oxygen atoms in total. The van der Waals surface area contributed by atoms with Crippen LogP contribution in [0.1, 0.15) is 22.4 Å². The lowest BCUT2D eigenvalue weighted by atomic mass is 10.1. The van der Waals surface area contributed by atoms with Gasteiger partial charge in [-0.15, -0.1) is 11.3 Å². The topological polar surface area (TPSA) is 24.9 Å². The fraction of sp³-hybridized carbons (Fsp3) is 0.167. The highest BCUT2D eigenvalue weighted by Crippen LogP contribution is 2.30. The summed E-state index contributed by atoms with van der Waals surface area (Å²) in [4.78, 5) is 5.79. The number of benzene rings is 2. The average Bonchev–Trinajstić information content (AvgIpc) is 2.99. The molecule has 1 N–H and O–H groups in total. The van der Waals surface area contributed by atoms with Gasteiger partial charge in [-0.3, -0.25) is 0 Å². The molecule has 0 aliphatic carbocycles. The third kappa shape index (κ3) is 4.08. The fourth-order valence-corrected chi connectivity index (χ4v) is 3.99. The second kappa shape index (κ2) is 7.39. The molecule has 0 unspecified atom stereocenters. The number of hydrogen-bond donors (Lipinski definition) is 1. The Labute approximate surface area is 150 Å². The number of halogens is 1. The Kier molecular flexibility index (Phi) is 5.26. The quantitative estimate of drug-likeness (QED) is 0.554. The lowest BCUT2D eigenvalue weighted by molar-refractivity contribution is 1.09. The van der Waals surface area contributed by atoms with Gasteiger partial charge in [0, 0.05) is 21.7 Å². The standard InChI is InChI=1S/C18H17ClN2S2/c1-12-6-3-4-7-14(12)10-15-11-22-18(20-15)21-23-17-9-5-8-16(19)13(17)2/h3-9,11H,10H2,1-2H3,(H,20,21). The molecule has 3 aromatic rings. The SMILES string of the molecule is Cc1ccccc1Cc1csc(NSc2cccc(Cl)c2C)n1. The molecule has 1 heterocycles. The molecule has 2 aromatic carbocycles. The Bertz CT molecular complexity index is 814. The van der Waals surface area contributed by atoms with Crippen molar-refractivity contribution in [1.29, 1.82) is 0 Å². The molecule has 1 aromatic heterocycles. The van der Waals surface area contributed by atoms with Crippen LogP contribution in [-0.2, 0) is 6.42 Å². The second-order valence-electron chi connectivity index (χ2n) is 5.31. The maximum atomic E-state index is 6.15. The third-order valence-electron chi connectivity index (χ3n) is 3.65. The maximum absolute atomic E-state index is 6.15. The minimum Gasteiger partial charge on any atom is -0.302 e. The molecule has 0 amide bonds. The van der Waals surface area contributed by atoms with Crippen molar-refractivity contribution >= 4 is 40.0 Å². The molecule has 0 aliphatic heterocycles. The van der Waals surface area contributed by atoms with Gasteiger partial charge in [0.25, 0.3) is 0 Å².